The van der Waals surface area contributed by atoms with E-state index in [-0.39, 0.29) is 24.9 Å². The van der Waals surface area contributed by atoms with E-state index >= 15 is 0 Å². The minimum Gasteiger partial charge on any atom is -0.460 e. The maximum absolute atomic E-state index is 14.2. The van der Waals surface area contributed by atoms with Gasteiger partial charge < -0.3 is 25.7 Å². The fourth-order valence-electron chi connectivity index (χ4n) is 7.40. The molecule has 1 spiro atoms. The van der Waals surface area contributed by atoms with Crippen LogP contribution < -0.4 is 11.1 Å². The number of nitrogens with one attached hydrogen (secondary N) is 2. The Labute approximate surface area is 305 Å². The van der Waals surface area contributed by atoms with Crippen LogP contribution in [0.2, 0.25) is 0 Å². The van der Waals surface area contributed by atoms with Crippen molar-refractivity contribution in [2.24, 2.45) is 5.73 Å². The van der Waals surface area contributed by atoms with Gasteiger partial charge in [-0.2, -0.15) is 4.31 Å². The van der Waals surface area contributed by atoms with Gasteiger partial charge in [0.05, 0.1) is 17.8 Å². The van der Waals surface area contributed by atoms with Gasteiger partial charge >= 0.3 is 5.97 Å². The Bertz CT molecular complexity index is 1990. The number of ether oxygens (including phenoxy) is 1. The topological polar surface area (TPSA) is 155 Å². The number of nitrogens with two attached hydrogens (primary N) is 1. The zero-order valence-corrected chi connectivity index (χ0v) is 30.8. The SMILES string of the molecule is CC(C)(N)C(=O)N[C@H](Cc1c[nH]c2ccccc12)C(=O)N1CCC2(CC1)CC(N(CC(=O)OCc1ccccc1)S(C)(=O)=O)c1ccccc12.Cl. The molecule has 0 saturated carbocycles. The van der Waals surface area contributed by atoms with Gasteiger partial charge in [-0.05, 0) is 61.4 Å². The molecule has 2 amide bonds. The number of amides is 2. The number of H-pyrrole nitrogens is 1. The van der Waals surface area contributed by atoms with E-state index in [1.807, 2.05) is 85.1 Å². The Kier molecular flexibility index (Phi) is 11.3. The smallest absolute Gasteiger partial charge is 0.321 e. The summed E-state index contributed by atoms with van der Waals surface area (Å²) in [6.45, 7) is 3.71. The molecule has 4 N–H and O–H groups in total. The highest BCUT2D eigenvalue weighted by atomic mass is 35.5. The number of hydrogen-bond donors (Lipinski definition) is 3. The van der Waals surface area contributed by atoms with E-state index in [0.717, 1.165) is 39.4 Å². The highest BCUT2D eigenvalue weighted by molar-refractivity contribution is 7.88. The van der Waals surface area contributed by atoms with E-state index < -0.39 is 51.5 Å². The molecule has 2 aliphatic rings. The second-order valence-electron chi connectivity index (χ2n) is 14.2. The summed E-state index contributed by atoms with van der Waals surface area (Å²) in [5.74, 6) is -1.23. The summed E-state index contributed by atoms with van der Waals surface area (Å²) in [7, 11) is -3.81. The van der Waals surface area contributed by atoms with Crippen molar-refractivity contribution in [1.29, 1.82) is 0 Å². The average molecular weight is 736 g/mol. The van der Waals surface area contributed by atoms with Crippen molar-refractivity contribution in [1.82, 2.24) is 19.5 Å². The van der Waals surface area contributed by atoms with Crippen LogP contribution in [0.25, 0.3) is 10.9 Å². The van der Waals surface area contributed by atoms with Crippen LogP contribution in [0.15, 0.2) is 85.1 Å². The van der Waals surface area contributed by atoms with Crippen molar-refractivity contribution >= 4 is 51.1 Å². The van der Waals surface area contributed by atoms with E-state index in [2.05, 4.69) is 10.3 Å². The Morgan fingerprint density at radius 1 is 1.02 bits per heavy atom. The lowest BCUT2D eigenvalue weighted by molar-refractivity contribution is -0.145. The first-order valence-corrected chi connectivity index (χ1v) is 18.8. The van der Waals surface area contributed by atoms with Gasteiger partial charge in [0, 0.05) is 42.0 Å². The molecule has 272 valence electrons. The first-order chi connectivity index (χ1) is 23.7. The number of nitrogens with zero attached hydrogens (tertiary/aromatic N) is 2. The van der Waals surface area contributed by atoms with Crippen LogP contribution in [0.4, 0.5) is 0 Å². The summed E-state index contributed by atoms with van der Waals surface area (Å²) >= 11 is 0. The van der Waals surface area contributed by atoms with Crippen molar-refractivity contribution in [3.63, 3.8) is 0 Å². The number of aromatic amines is 1. The number of rotatable bonds is 11. The van der Waals surface area contributed by atoms with Gasteiger partial charge in [-0.25, -0.2) is 8.42 Å². The van der Waals surface area contributed by atoms with Crippen LogP contribution in [-0.4, -0.2) is 77.9 Å². The molecule has 2 heterocycles. The minimum absolute atomic E-state index is 0. The number of aromatic nitrogens is 1. The Hall–Kier alpha value is -4.23. The second-order valence-corrected chi connectivity index (χ2v) is 16.1. The van der Waals surface area contributed by atoms with Gasteiger partial charge in [0.1, 0.15) is 19.2 Å². The zero-order chi connectivity index (χ0) is 35.7. The third-order valence-electron chi connectivity index (χ3n) is 10.1. The molecule has 1 fully saturated rings. The quantitative estimate of drug-likeness (QED) is 0.193. The van der Waals surface area contributed by atoms with Crippen molar-refractivity contribution in [2.75, 3.05) is 25.9 Å². The minimum atomic E-state index is -3.81. The summed E-state index contributed by atoms with van der Waals surface area (Å²) in [5.41, 5.74) is 9.12. The van der Waals surface area contributed by atoms with Gasteiger partial charge in [0.25, 0.3) is 0 Å². The van der Waals surface area contributed by atoms with E-state index in [4.69, 9.17) is 10.5 Å². The molecular weight excluding hydrogens is 690 g/mol. The fraction of sp³-hybridized carbons (Fsp3) is 0.395. The highest BCUT2D eigenvalue weighted by Crippen LogP contribution is 2.53. The largest absolute Gasteiger partial charge is 0.460 e. The maximum Gasteiger partial charge on any atom is 0.321 e. The third-order valence-corrected chi connectivity index (χ3v) is 11.3. The number of para-hydroxylation sites is 1. The number of carbonyl (C=O) groups excluding carboxylic acids is 3. The molecule has 1 saturated heterocycles. The Balaban J connectivity index is 0.00000504. The van der Waals surface area contributed by atoms with Crippen LogP contribution in [0.1, 0.15) is 61.4 Å². The lowest BCUT2D eigenvalue weighted by atomic mass is 9.73. The van der Waals surface area contributed by atoms with Crippen molar-refractivity contribution in [3.8, 4) is 0 Å². The second kappa shape index (κ2) is 15.2. The summed E-state index contributed by atoms with van der Waals surface area (Å²) in [6, 6.07) is 23.5. The predicted molar refractivity (Wildman–Crippen MR) is 199 cm³/mol. The fourth-order valence-corrected chi connectivity index (χ4v) is 8.39. The molecule has 3 aromatic carbocycles. The molecule has 1 unspecified atom stereocenters. The molecule has 13 heteroatoms. The summed E-state index contributed by atoms with van der Waals surface area (Å²) in [6.07, 6.45) is 4.95. The predicted octanol–water partition coefficient (Wildman–Crippen LogP) is 4.36. The molecule has 51 heavy (non-hydrogen) atoms. The summed E-state index contributed by atoms with van der Waals surface area (Å²) in [4.78, 5) is 45.3. The Morgan fingerprint density at radius 3 is 2.35 bits per heavy atom. The van der Waals surface area contributed by atoms with Crippen molar-refractivity contribution < 1.29 is 27.5 Å². The highest BCUT2D eigenvalue weighted by Gasteiger charge is 2.49. The van der Waals surface area contributed by atoms with E-state index in [1.54, 1.807) is 18.7 Å². The Morgan fingerprint density at radius 2 is 1.67 bits per heavy atom. The molecule has 1 aliphatic carbocycles. The van der Waals surface area contributed by atoms with Gasteiger partial charge in [-0.1, -0.05) is 72.8 Å². The molecule has 11 nitrogen and oxygen atoms in total. The first kappa shape index (κ1) is 38.0. The number of hydrogen-bond acceptors (Lipinski definition) is 7. The number of benzene rings is 3. The molecule has 4 aromatic rings. The number of fused-ring (bicyclic) bond motifs is 3. The number of halogens is 1. The van der Waals surface area contributed by atoms with Gasteiger partial charge in [0.2, 0.25) is 21.8 Å². The van der Waals surface area contributed by atoms with Gasteiger partial charge in [-0.3, -0.25) is 14.4 Å². The number of sulfonamides is 1. The number of carbonyl (C=O) groups is 3. The lowest BCUT2D eigenvalue weighted by Gasteiger charge is -2.42. The monoisotopic (exact) mass is 735 g/mol. The van der Waals surface area contributed by atoms with Crippen LogP contribution in [-0.2, 0) is 47.6 Å². The van der Waals surface area contributed by atoms with Crippen LogP contribution in [0.5, 0.6) is 0 Å². The maximum atomic E-state index is 14.2. The molecule has 1 aliphatic heterocycles. The van der Waals surface area contributed by atoms with Crippen LogP contribution in [0.3, 0.4) is 0 Å². The first-order valence-electron chi connectivity index (χ1n) is 16.9. The van der Waals surface area contributed by atoms with Crippen molar-refractivity contribution in [2.45, 2.75) is 69.2 Å². The third kappa shape index (κ3) is 8.30. The van der Waals surface area contributed by atoms with Crippen molar-refractivity contribution in [3.05, 3.63) is 107 Å². The van der Waals surface area contributed by atoms with E-state index in [9.17, 15) is 22.8 Å². The molecule has 1 aromatic heterocycles. The standard InChI is InChI=1S/C38H45N5O6S.ClH/c1-37(2,39)36(46)41-32(21-27-23-40-31-16-10-8-13-28(27)31)35(45)42-19-17-38(18-20-42)22-33(29-14-7-9-15-30(29)38)43(50(3,47)48)24-34(44)49-25-26-11-5-4-6-12-26;/h4-16,23,32-33,40H,17-22,24-25,39H2,1-3H3,(H,41,46);1H/t32-,33?;/m1./s1. The average Bonchev–Trinajstić information content (AvgIpc) is 3.64. The van der Waals surface area contributed by atoms with Crippen LogP contribution in [0, 0.1) is 0 Å². The molecule has 0 bridgehead atoms. The van der Waals surface area contributed by atoms with E-state index in [0.29, 0.717) is 38.8 Å². The summed E-state index contributed by atoms with van der Waals surface area (Å²) in [5, 5.41) is 3.91. The summed E-state index contributed by atoms with van der Waals surface area (Å²) < 4.78 is 33.2. The zero-order valence-electron chi connectivity index (χ0n) is 29.1. The molecule has 0 radical (unpaired) electrons. The number of likely N-dealkylation sites (tertiary alicyclic amines) is 1. The molecule has 6 rings (SSSR count). The lowest BCUT2D eigenvalue weighted by Crippen LogP contribution is -2.58. The number of esters is 1. The number of piperidine rings is 1. The van der Waals surface area contributed by atoms with E-state index in [1.165, 1.54) is 4.31 Å². The van der Waals surface area contributed by atoms with Crippen LogP contribution >= 0.6 is 12.4 Å². The van der Waals surface area contributed by atoms with Gasteiger partial charge in [-0.15, -0.1) is 12.4 Å². The molecular formula is C38H46ClN5O6S. The van der Waals surface area contributed by atoms with Gasteiger partial charge in [0.15, 0.2) is 0 Å². The normalized spacial score (nSPS) is 17.5. The molecule has 2 atom stereocenters.